The molecule has 0 spiro atoms. The van der Waals surface area contributed by atoms with Crippen LogP contribution < -0.4 is 10.5 Å². The second-order valence-electron chi connectivity index (χ2n) is 7.44. The van der Waals surface area contributed by atoms with Crippen molar-refractivity contribution < 1.29 is 9.53 Å². The number of nitrogen functional groups attached to an aromatic ring is 1. The average Bonchev–Trinajstić information content (AvgIpc) is 3.05. The van der Waals surface area contributed by atoms with Crippen molar-refractivity contribution >= 4 is 55.8 Å². The van der Waals surface area contributed by atoms with Crippen LogP contribution in [0.4, 0.5) is 5.82 Å². The number of carbonyl (C=O) groups excluding carboxylic acids is 1. The summed E-state index contributed by atoms with van der Waals surface area (Å²) in [6.45, 7) is 4.62. The van der Waals surface area contributed by atoms with Crippen LogP contribution in [0.2, 0.25) is 0 Å². The molecule has 0 bridgehead atoms. The third-order valence-electron chi connectivity index (χ3n) is 5.32. The zero-order valence-corrected chi connectivity index (χ0v) is 19.6. The van der Waals surface area contributed by atoms with Crippen LogP contribution in [0, 0.1) is 13.8 Å². The number of thiophene rings is 1. The molecule has 0 fully saturated rings. The molecule has 4 aromatic rings. The minimum atomic E-state index is 0.0145. The van der Waals surface area contributed by atoms with E-state index in [0.717, 1.165) is 37.9 Å². The molecule has 0 saturated carbocycles. The van der Waals surface area contributed by atoms with Gasteiger partial charge in [0.2, 0.25) is 5.91 Å². The molecule has 1 amide bonds. The van der Waals surface area contributed by atoms with Crippen molar-refractivity contribution in [2.24, 2.45) is 0 Å². The van der Waals surface area contributed by atoms with Gasteiger partial charge in [-0.1, -0.05) is 30.0 Å². The van der Waals surface area contributed by atoms with Gasteiger partial charge in [-0.2, -0.15) is 0 Å². The number of nitrogens with zero attached hydrogens (tertiary/aromatic N) is 3. The third-order valence-corrected chi connectivity index (χ3v) is 7.25. The quantitative estimate of drug-likeness (QED) is 0.334. The minimum Gasteiger partial charge on any atom is -0.497 e. The number of rotatable bonds is 6. The molecule has 4 rings (SSSR count). The summed E-state index contributed by atoms with van der Waals surface area (Å²) in [6.07, 6.45) is 0. The first-order valence-corrected chi connectivity index (χ1v) is 11.6. The predicted octanol–water partition coefficient (Wildman–Crippen LogP) is 4.80. The van der Waals surface area contributed by atoms with Gasteiger partial charge in [0.25, 0.3) is 0 Å². The lowest BCUT2D eigenvalue weighted by molar-refractivity contribution is -0.127. The van der Waals surface area contributed by atoms with Gasteiger partial charge in [-0.25, -0.2) is 9.97 Å². The van der Waals surface area contributed by atoms with Gasteiger partial charge in [0.15, 0.2) is 5.16 Å². The SMILES string of the molecule is COc1ccc2cc(CN(C)C(=O)CSc3nc(N)c4c(C)c(C)sc4n3)ccc2c1. The van der Waals surface area contributed by atoms with Crippen molar-refractivity contribution in [3.63, 3.8) is 0 Å². The Morgan fingerprint density at radius 1 is 1.16 bits per heavy atom. The number of ether oxygens (including phenoxy) is 1. The highest BCUT2D eigenvalue weighted by Gasteiger charge is 2.15. The maximum Gasteiger partial charge on any atom is 0.233 e. The highest BCUT2D eigenvalue weighted by atomic mass is 32.2. The Kier molecular flexibility index (Phi) is 6.02. The number of thioether (sulfide) groups is 1. The van der Waals surface area contributed by atoms with Gasteiger partial charge in [0.1, 0.15) is 16.4 Å². The standard InChI is InChI=1S/C23H24N4O2S2/c1-13-14(2)31-22-20(13)21(24)25-23(26-22)30-12-19(28)27(3)11-15-5-6-17-10-18(29-4)8-7-16(17)9-15/h5-10H,11-12H2,1-4H3,(H2,24,25,26). The maximum atomic E-state index is 12.7. The molecule has 0 aliphatic heterocycles. The van der Waals surface area contributed by atoms with Crippen molar-refractivity contribution in [1.29, 1.82) is 0 Å². The molecule has 8 heteroatoms. The van der Waals surface area contributed by atoms with E-state index in [4.69, 9.17) is 10.5 Å². The molecular formula is C23H24N4O2S2. The number of benzene rings is 2. The summed E-state index contributed by atoms with van der Waals surface area (Å²) in [5, 5.41) is 3.68. The van der Waals surface area contributed by atoms with E-state index in [0.29, 0.717) is 17.5 Å². The Balaban J connectivity index is 1.42. The lowest BCUT2D eigenvalue weighted by Gasteiger charge is -2.17. The zero-order valence-electron chi connectivity index (χ0n) is 17.9. The van der Waals surface area contributed by atoms with Gasteiger partial charge < -0.3 is 15.4 Å². The number of carbonyl (C=O) groups is 1. The molecule has 2 aromatic carbocycles. The number of hydrogen-bond acceptors (Lipinski definition) is 7. The molecule has 0 aliphatic rings. The van der Waals surface area contributed by atoms with E-state index in [2.05, 4.69) is 29.0 Å². The lowest BCUT2D eigenvalue weighted by atomic mass is 10.1. The summed E-state index contributed by atoms with van der Waals surface area (Å²) in [5.74, 6) is 1.58. The number of aryl methyl sites for hydroxylation is 2. The first-order chi connectivity index (χ1) is 14.9. The monoisotopic (exact) mass is 452 g/mol. The number of aromatic nitrogens is 2. The highest BCUT2D eigenvalue weighted by molar-refractivity contribution is 7.99. The molecule has 0 radical (unpaired) electrons. The second-order valence-corrected chi connectivity index (χ2v) is 9.59. The Hall–Kier alpha value is -2.84. The van der Waals surface area contributed by atoms with E-state index in [1.807, 2.05) is 38.2 Å². The van der Waals surface area contributed by atoms with E-state index in [9.17, 15) is 4.79 Å². The summed E-state index contributed by atoms with van der Waals surface area (Å²) >= 11 is 2.92. The van der Waals surface area contributed by atoms with Crippen molar-refractivity contribution in [3.8, 4) is 5.75 Å². The number of methoxy groups -OCH3 is 1. The van der Waals surface area contributed by atoms with Gasteiger partial charge in [-0.05, 0) is 53.9 Å². The summed E-state index contributed by atoms with van der Waals surface area (Å²) in [7, 11) is 3.47. The van der Waals surface area contributed by atoms with Crippen molar-refractivity contribution in [3.05, 3.63) is 52.4 Å². The fraction of sp³-hybridized carbons (Fsp3) is 0.261. The molecule has 0 atom stereocenters. The van der Waals surface area contributed by atoms with Crippen LogP contribution in [0.3, 0.4) is 0 Å². The lowest BCUT2D eigenvalue weighted by Crippen LogP contribution is -2.27. The Labute approximate surface area is 189 Å². The van der Waals surface area contributed by atoms with Crippen LogP contribution in [0.1, 0.15) is 16.0 Å². The fourth-order valence-electron chi connectivity index (χ4n) is 3.42. The van der Waals surface area contributed by atoms with Crippen LogP contribution >= 0.6 is 23.1 Å². The molecule has 2 heterocycles. The largest absolute Gasteiger partial charge is 0.497 e. The number of hydrogen-bond donors (Lipinski definition) is 1. The summed E-state index contributed by atoms with van der Waals surface area (Å²) in [5.41, 5.74) is 8.34. The van der Waals surface area contributed by atoms with Gasteiger partial charge >= 0.3 is 0 Å². The Morgan fingerprint density at radius 3 is 2.68 bits per heavy atom. The summed E-state index contributed by atoms with van der Waals surface area (Å²) < 4.78 is 5.28. The van der Waals surface area contributed by atoms with Gasteiger partial charge in [-0.3, -0.25) is 4.79 Å². The number of anilines is 1. The van der Waals surface area contributed by atoms with Gasteiger partial charge in [0, 0.05) is 18.5 Å². The molecule has 0 aliphatic carbocycles. The topological polar surface area (TPSA) is 81.3 Å². The molecular weight excluding hydrogens is 428 g/mol. The molecule has 160 valence electrons. The maximum absolute atomic E-state index is 12.7. The molecule has 0 unspecified atom stereocenters. The van der Waals surface area contributed by atoms with E-state index in [1.54, 1.807) is 23.3 Å². The van der Waals surface area contributed by atoms with Crippen LogP contribution in [0.15, 0.2) is 41.6 Å². The van der Waals surface area contributed by atoms with Crippen LogP contribution in [-0.4, -0.2) is 40.7 Å². The predicted molar refractivity (Wildman–Crippen MR) is 129 cm³/mol. The van der Waals surface area contributed by atoms with E-state index >= 15 is 0 Å². The summed E-state index contributed by atoms with van der Waals surface area (Å²) in [4.78, 5) is 25.4. The molecule has 31 heavy (non-hydrogen) atoms. The minimum absolute atomic E-state index is 0.0145. The average molecular weight is 453 g/mol. The number of amides is 1. The van der Waals surface area contributed by atoms with Crippen molar-refractivity contribution in [2.75, 3.05) is 25.6 Å². The normalized spacial score (nSPS) is 11.2. The van der Waals surface area contributed by atoms with Gasteiger partial charge in [-0.15, -0.1) is 11.3 Å². The molecule has 2 N–H and O–H groups in total. The highest BCUT2D eigenvalue weighted by Crippen LogP contribution is 2.33. The first kappa shape index (κ1) is 21.4. The van der Waals surface area contributed by atoms with Crippen LogP contribution in [0.25, 0.3) is 21.0 Å². The molecule has 2 aromatic heterocycles. The number of fused-ring (bicyclic) bond motifs is 2. The van der Waals surface area contributed by atoms with E-state index in [1.165, 1.54) is 16.6 Å². The smallest absolute Gasteiger partial charge is 0.233 e. The van der Waals surface area contributed by atoms with Crippen LogP contribution in [-0.2, 0) is 11.3 Å². The number of nitrogens with two attached hydrogens (primary N) is 1. The molecule has 0 saturated heterocycles. The Morgan fingerprint density at radius 2 is 1.90 bits per heavy atom. The van der Waals surface area contributed by atoms with Crippen molar-refractivity contribution in [1.82, 2.24) is 14.9 Å². The van der Waals surface area contributed by atoms with Gasteiger partial charge in [0.05, 0.1) is 18.2 Å². The fourth-order valence-corrected chi connectivity index (χ4v) is 5.31. The first-order valence-electron chi connectivity index (χ1n) is 9.82. The van der Waals surface area contributed by atoms with Crippen LogP contribution in [0.5, 0.6) is 5.75 Å². The van der Waals surface area contributed by atoms with E-state index < -0.39 is 0 Å². The van der Waals surface area contributed by atoms with Crippen molar-refractivity contribution in [2.45, 2.75) is 25.5 Å². The molecule has 6 nitrogen and oxygen atoms in total. The second kappa shape index (κ2) is 8.72. The Bertz CT molecular complexity index is 1290. The zero-order chi connectivity index (χ0) is 22.1. The summed E-state index contributed by atoms with van der Waals surface area (Å²) in [6, 6.07) is 12.2. The third kappa shape index (κ3) is 4.45. The van der Waals surface area contributed by atoms with E-state index in [-0.39, 0.29) is 11.7 Å².